The number of nitrogens with zero attached hydrogens (tertiary/aromatic N) is 2. The molecule has 0 saturated heterocycles. The Morgan fingerprint density at radius 2 is 2.00 bits per heavy atom. The number of amides is 1. The quantitative estimate of drug-likeness (QED) is 0.247. The van der Waals surface area contributed by atoms with Gasteiger partial charge >= 0.3 is 11.3 Å². The van der Waals surface area contributed by atoms with Gasteiger partial charge < -0.3 is 19.8 Å². The molecule has 32 heavy (non-hydrogen) atoms. The van der Waals surface area contributed by atoms with Crippen LogP contribution in [0.2, 0.25) is 0 Å². The Morgan fingerprint density at radius 1 is 1.22 bits per heavy atom. The van der Waals surface area contributed by atoms with E-state index in [4.69, 9.17) is 9.15 Å². The lowest BCUT2D eigenvalue weighted by atomic mass is 10.1. The fourth-order valence-electron chi connectivity index (χ4n) is 3.14. The molecular weight excluding hydrogens is 436 g/mol. The molecule has 0 fully saturated rings. The smallest absolute Gasteiger partial charge is 0.346 e. The molecular formula is C21H16N4O6S. The summed E-state index contributed by atoms with van der Waals surface area (Å²) in [7, 11) is 1.56. The van der Waals surface area contributed by atoms with Gasteiger partial charge in [-0.2, -0.15) is 0 Å². The molecule has 10 nitrogen and oxygen atoms in total. The molecule has 1 amide bonds. The second-order valence-corrected chi connectivity index (χ2v) is 7.49. The first-order valence-electron chi connectivity index (χ1n) is 9.26. The van der Waals surface area contributed by atoms with Crippen LogP contribution in [0.5, 0.6) is 5.75 Å². The van der Waals surface area contributed by atoms with E-state index in [1.807, 2.05) is 18.2 Å². The van der Waals surface area contributed by atoms with E-state index in [-0.39, 0.29) is 16.8 Å². The van der Waals surface area contributed by atoms with Crippen LogP contribution < -0.4 is 21.0 Å². The molecule has 0 unspecified atom stereocenters. The highest BCUT2D eigenvalue weighted by atomic mass is 32.1. The summed E-state index contributed by atoms with van der Waals surface area (Å²) in [6.45, 7) is 1.23. The molecule has 2 aromatic heterocycles. The van der Waals surface area contributed by atoms with Gasteiger partial charge in [0, 0.05) is 17.7 Å². The third kappa shape index (κ3) is 4.01. The van der Waals surface area contributed by atoms with Gasteiger partial charge in [-0.15, -0.1) is 11.3 Å². The molecule has 0 aliphatic carbocycles. The number of carbonyl (C=O) groups is 1. The van der Waals surface area contributed by atoms with Crippen molar-refractivity contribution in [2.75, 3.05) is 17.7 Å². The zero-order valence-corrected chi connectivity index (χ0v) is 17.7. The lowest BCUT2D eigenvalue weighted by Gasteiger charge is -2.08. The van der Waals surface area contributed by atoms with E-state index in [0.717, 1.165) is 0 Å². The summed E-state index contributed by atoms with van der Waals surface area (Å²) < 4.78 is 10.6. The number of hydrogen-bond acceptors (Lipinski definition) is 9. The van der Waals surface area contributed by atoms with Crippen molar-refractivity contribution < 1.29 is 18.9 Å². The zero-order valence-electron chi connectivity index (χ0n) is 16.9. The monoisotopic (exact) mass is 452 g/mol. The molecule has 4 rings (SSSR count). The Morgan fingerprint density at radius 3 is 2.72 bits per heavy atom. The third-order valence-corrected chi connectivity index (χ3v) is 5.26. The van der Waals surface area contributed by atoms with Crippen LogP contribution in [0.4, 0.5) is 22.2 Å². The van der Waals surface area contributed by atoms with Crippen molar-refractivity contribution in [1.29, 1.82) is 0 Å². The van der Waals surface area contributed by atoms with Gasteiger partial charge in [-0.25, -0.2) is 9.78 Å². The number of para-hydroxylation sites is 2. The van der Waals surface area contributed by atoms with Crippen LogP contribution in [-0.4, -0.2) is 22.9 Å². The van der Waals surface area contributed by atoms with Crippen LogP contribution in [0.25, 0.3) is 22.2 Å². The summed E-state index contributed by atoms with van der Waals surface area (Å²) in [5.41, 5.74) is -0.323. The minimum Gasteiger partial charge on any atom is -0.495 e. The first-order valence-corrected chi connectivity index (χ1v) is 10.1. The van der Waals surface area contributed by atoms with Crippen molar-refractivity contribution in [2.45, 2.75) is 6.92 Å². The lowest BCUT2D eigenvalue weighted by Crippen LogP contribution is -2.09. The molecule has 0 aliphatic heterocycles. The van der Waals surface area contributed by atoms with Crippen molar-refractivity contribution in [3.05, 3.63) is 68.4 Å². The molecule has 2 aromatic carbocycles. The maximum atomic E-state index is 12.7. The van der Waals surface area contributed by atoms with E-state index in [9.17, 15) is 19.7 Å². The van der Waals surface area contributed by atoms with Crippen LogP contribution in [0.15, 0.2) is 57.1 Å². The number of nitrogens with one attached hydrogen (secondary N) is 2. The first-order chi connectivity index (χ1) is 15.4. The topological polar surface area (TPSA) is 137 Å². The molecule has 11 heteroatoms. The van der Waals surface area contributed by atoms with Crippen molar-refractivity contribution >= 4 is 50.4 Å². The fourth-order valence-corrected chi connectivity index (χ4v) is 3.86. The molecule has 2 N–H and O–H groups in total. The molecule has 0 spiro atoms. The number of benzene rings is 2. The highest BCUT2D eigenvalue weighted by molar-refractivity contribution is 7.14. The van der Waals surface area contributed by atoms with Crippen LogP contribution in [0.1, 0.15) is 6.92 Å². The highest BCUT2D eigenvalue weighted by Gasteiger charge is 2.24. The molecule has 0 atom stereocenters. The Bertz CT molecular complexity index is 1410. The first kappa shape index (κ1) is 21.0. The lowest BCUT2D eigenvalue weighted by molar-refractivity contribution is -0.382. The largest absolute Gasteiger partial charge is 0.495 e. The number of hydrogen-bond donors (Lipinski definition) is 2. The SMILES string of the molecule is COc1ccccc1Nc1nc(-c2cc3ccc(NC(C)=O)c([N+](=O)[O-])c3oc2=O)cs1. The molecule has 2 heterocycles. The van der Waals surface area contributed by atoms with E-state index >= 15 is 0 Å². The predicted octanol–water partition coefficient (Wildman–Crippen LogP) is 4.54. The van der Waals surface area contributed by atoms with Crippen LogP contribution in [-0.2, 0) is 4.79 Å². The number of nitro benzene ring substituents is 1. The van der Waals surface area contributed by atoms with Gasteiger partial charge in [0.15, 0.2) is 5.13 Å². The van der Waals surface area contributed by atoms with E-state index in [1.54, 1.807) is 18.6 Å². The van der Waals surface area contributed by atoms with Gasteiger partial charge in [-0.1, -0.05) is 12.1 Å². The number of rotatable bonds is 6. The van der Waals surface area contributed by atoms with E-state index in [0.29, 0.717) is 27.6 Å². The maximum Gasteiger partial charge on any atom is 0.346 e. The Balaban J connectivity index is 1.74. The Labute approximate surface area is 184 Å². The number of methoxy groups -OCH3 is 1. The number of fused-ring (bicyclic) bond motifs is 1. The Kier molecular flexibility index (Phi) is 5.56. The summed E-state index contributed by atoms with van der Waals surface area (Å²) in [5.74, 6) is 0.153. The van der Waals surface area contributed by atoms with Crippen molar-refractivity contribution in [2.24, 2.45) is 0 Å². The summed E-state index contributed by atoms with van der Waals surface area (Å²) in [5, 5.41) is 19.6. The second-order valence-electron chi connectivity index (χ2n) is 6.63. The summed E-state index contributed by atoms with van der Waals surface area (Å²) in [6, 6.07) is 11.7. The van der Waals surface area contributed by atoms with E-state index in [2.05, 4.69) is 15.6 Å². The molecule has 4 aromatic rings. The number of nitro groups is 1. The van der Waals surface area contributed by atoms with Gasteiger partial charge in [0.1, 0.15) is 11.4 Å². The molecule has 0 aliphatic rings. The van der Waals surface area contributed by atoms with Gasteiger partial charge in [0.25, 0.3) is 0 Å². The number of carbonyl (C=O) groups excluding carboxylic acids is 1. The number of anilines is 3. The molecule has 0 bridgehead atoms. The summed E-state index contributed by atoms with van der Waals surface area (Å²) in [6.07, 6.45) is 0. The van der Waals surface area contributed by atoms with Crippen molar-refractivity contribution in [1.82, 2.24) is 4.98 Å². The average Bonchev–Trinajstić information content (AvgIpc) is 3.21. The minimum atomic E-state index is -0.783. The standard InChI is InChI=1S/C21H16N4O6S/c1-11(26)22-15-8-7-12-9-13(20(27)31-19(12)18(15)25(28)29)16-10-32-21(24-16)23-14-5-3-4-6-17(14)30-2/h3-10H,1-2H3,(H,22,26)(H,23,24). The number of thiazole rings is 1. The predicted molar refractivity (Wildman–Crippen MR) is 121 cm³/mol. The van der Waals surface area contributed by atoms with E-state index in [1.165, 1.54) is 36.5 Å². The second kappa shape index (κ2) is 8.47. The average molecular weight is 452 g/mol. The molecule has 0 saturated carbocycles. The zero-order chi connectivity index (χ0) is 22.8. The van der Waals surface area contributed by atoms with Crippen molar-refractivity contribution in [3.8, 4) is 17.0 Å². The highest BCUT2D eigenvalue weighted by Crippen LogP contribution is 2.35. The number of ether oxygens (including phenoxy) is 1. The molecule has 162 valence electrons. The van der Waals surface area contributed by atoms with Crippen molar-refractivity contribution in [3.63, 3.8) is 0 Å². The van der Waals surface area contributed by atoms with Gasteiger partial charge in [-0.05, 0) is 30.3 Å². The van der Waals surface area contributed by atoms with Gasteiger partial charge in [0.05, 0.1) is 29.0 Å². The van der Waals surface area contributed by atoms with Gasteiger partial charge in [0.2, 0.25) is 11.5 Å². The minimum absolute atomic E-state index is 0.0529. The Hall–Kier alpha value is -4.25. The maximum absolute atomic E-state index is 12.7. The third-order valence-electron chi connectivity index (χ3n) is 4.50. The summed E-state index contributed by atoms with van der Waals surface area (Å²) in [4.78, 5) is 39.3. The summed E-state index contributed by atoms with van der Waals surface area (Å²) >= 11 is 1.28. The normalized spacial score (nSPS) is 10.7. The van der Waals surface area contributed by atoms with Crippen LogP contribution in [0.3, 0.4) is 0 Å². The fraction of sp³-hybridized carbons (Fsp3) is 0.0952. The molecule has 0 radical (unpaired) electrons. The van der Waals surface area contributed by atoms with Crippen LogP contribution in [0, 0.1) is 10.1 Å². The van der Waals surface area contributed by atoms with Crippen LogP contribution >= 0.6 is 11.3 Å². The van der Waals surface area contributed by atoms with E-state index < -0.39 is 22.1 Å². The number of aromatic nitrogens is 1. The van der Waals surface area contributed by atoms with Gasteiger partial charge in [-0.3, -0.25) is 14.9 Å².